The van der Waals surface area contributed by atoms with Gasteiger partial charge in [0.15, 0.2) is 0 Å². The molecule has 1 rings (SSSR count). The second-order valence-electron chi connectivity index (χ2n) is 3.81. The van der Waals surface area contributed by atoms with Gasteiger partial charge in [-0.2, -0.15) is 5.10 Å². The number of hydrogen-bond donors (Lipinski definition) is 1. The van der Waals surface area contributed by atoms with Crippen molar-refractivity contribution in [2.75, 3.05) is 0 Å². The minimum absolute atomic E-state index is 0.136. The van der Waals surface area contributed by atoms with Crippen molar-refractivity contribution in [1.82, 2.24) is 9.78 Å². The average Bonchev–Trinajstić information content (AvgIpc) is 2.40. The minimum atomic E-state index is -0.548. The Morgan fingerprint density at radius 1 is 1.33 bits per heavy atom. The fourth-order valence-electron chi connectivity index (χ4n) is 1.46. The molecule has 15 heavy (non-hydrogen) atoms. The van der Waals surface area contributed by atoms with Gasteiger partial charge in [0.05, 0.1) is 17.0 Å². The predicted octanol–water partition coefficient (Wildman–Crippen LogP) is 0.895. The van der Waals surface area contributed by atoms with E-state index >= 15 is 0 Å². The van der Waals surface area contributed by atoms with Gasteiger partial charge in [0.1, 0.15) is 0 Å². The Balaban J connectivity index is 3.30. The van der Waals surface area contributed by atoms with E-state index < -0.39 is 5.91 Å². The third-order valence-electron chi connectivity index (χ3n) is 2.24. The summed E-state index contributed by atoms with van der Waals surface area (Å²) >= 11 is 0. The van der Waals surface area contributed by atoms with Crippen LogP contribution in [0.3, 0.4) is 0 Å². The molecule has 0 spiro atoms. The smallest absolute Gasteiger partial charge is 0.252 e. The highest BCUT2D eigenvalue weighted by atomic mass is 16.2. The van der Waals surface area contributed by atoms with Crippen molar-refractivity contribution in [3.63, 3.8) is 0 Å². The molecule has 82 valence electrons. The van der Waals surface area contributed by atoms with Crippen LogP contribution in [0.1, 0.15) is 40.4 Å². The topological polar surface area (TPSA) is 78.0 Å². The first-order valence-corrected chi connectivity index (χ1v) is 4.76. The van der Waals surface area contributed by atoms with Crippen LogP contribution in [0.15, 0.2) is 0 Å². The molecular weight excluding hydrogens is 194 g/mol. The number of amides is 1. The number of aryl methyl sites for hydroxylation is 1. The van der Waals surface area contributed by atoms with E-state index in [-0.39, 0.29) is 11.8 Å². The van der Waals surface area contributed by atoms with E-state index in [0.717, 1.165) is 0 Å². The number of nitrogens with two attached hydrogens (primary N) is 1. The van der Waals surface area contributed by atoms with Crippen LogP contribution in [0.4, 0.5) is 0 Å². The number of carbonyl (C=O) groups is 2. The Kier molecular flexibility index (Phi) is 2.93. The SMILES string of the molecule is Cc1nn(C(=O)C(C)C)c(C)c1C(N)=O. The molecule has 0 bridgehead atoms. The maximum absolute atomic E-state index is 11.7. The van der Waals surface area contributed by atoms with Crippen LogP contribution in [0, 0.1) is 19.8 Å². The van der Waals surface area contributed by atoms with Crippen molar-refractivity contribution in [2.24, 2.45) is 11.7 Å². The molecule has 1 aromatic rings. The van der Waals surface area contributed by atoms with Gasteiger partial charge in [0.25, 0.3) is 5.91 Å². The van der Waals surface area contributed by atoms with E-state index in [9.17, 15) is 9.59 Å². The molecule has 2 N–H and O–H groups in total. The third kappa shape index (κ3) is 1.91. The second-order valence-corrected chi connectivity index (χ2v) is 3.81. The van der Waals surface area contributed by atoms with Crippen molar-refractivity contribution >= 4 is 11.8 Å². The molecule has 0 aliphatic heterocycles. The van der Waals surface area contributed by atoms with Gasteiger partial charge in [-0.3, -0.25) is 9.59 Å². The van der Waals surface area contributed by atoms with Gasteiger partial charge in [0.2, 0.25) is 5.91 Å². The highest BCUT2D eigenvalue weighted by Gasteiger charge is 2.21. The van der Waals surface area contributed by atoms with E-state index in [1.807, 2.05) is 0 Å². The maximum Gasteiger partial charge on any atom is 0.252 e. The number of primary amides is 1. The molecule has 0 aromatic carbocycles. The molecule has 0 saturated heterocycles. The number of aromatic nitrogens is 2. The lowest BCUT2D eigenvalue weighted by atomic mass is 10.1. The first kappa shape index (κ1) is 11.4. The van der Waals surface area contributed by atoms with Gasteiger partial charge in [-0.25, -0.2) is 4.68 Å². The molecule has 1 heterocycles. The van der Waals surface area contributed by atoms with Crippen LogP contribution < -0.4 is 5.73 Å². The average molecular weight is 209 g/mol. The fraction of sp³-hybridized carbons (Fsp3) is 0.500. The molecule has 5 nitrogen and oxygen atoms in total. The van der Waals surface area contributed by atoms with Crippen molar-refractivity contribution in [2.45, 2.75) is 27.7 Å². The van der Waals surface area contributed by atoms with Gasteiger partial charge in [-0.15, -0.1) is 0 Å². The molecule has 1 amide bonds. The maximum atomic E-state index is 11.7. The van der Waals surface area contributed by atoms with E-state index in [2.05, 4.69) is 5.10 Å². The lowest BCUT2D eigenvalue weighted by molar-refractivity contribution is 0.0835. The van der Waals surface area contributed by atoms with Crippen molar-refractivity contribution in [1.29, 1.82) is 0 Å². The minimum Gasteiger partial charge on any atom is -0.365 e. The highest BCUT2D eigenvalue weighted by molar-refractivity contribution is 5.96. The fourth-order valence-corrected chi connectivity index (χ4v) is 1.46. The first-order chi connectivity index (χ1) is 6.86. The monoisotopic (exact) mass is 209 g/mol. The zero-order valence-corrected chi connectivity index (χ0v) is 9.37. The Morgan fingerprint density at radius 3 is 2.20 bits per heavy atom. The quantitative estimate of drug-likeness (QED) is 0.785. The summed E-state index contributed by atoms with van der Waals surface area (Å²) in [4.78, 5) is 22.8. The lowest BCUT2D eigenvalue weighted by Gasteiger charge is -2.05. The van der Waals surface area contributed by atoms with E-state index in [1.54, 1.807) is 27.7 Å². The zero-order valence-electron chi connectivity index (χ0n) is 9.37. The van der Waals surface area contributed by atoms with Gasteiger partial charge < -0.3 is 5.73 Å². The summed E-state index contributed by atoms with van der Waals surface area (Å²) in [5, 5.41) is 4.02. The Hall–Kier alpha value is -1.65. The number of hydrogen-bond acceptors (Lipinski definition) is 3. The molecule has 0 aliphatic carbocycles. The Labute approximate surface area is 88.3 Å². The summed E-state index contributed by atoms with van der Waals surface area (Å²) < 4.78 is 1.25. The van der Waals surface area contributed by atoms with Crippen LogP contribution in [0.25, 0.3) is 0 Å². The molecule has 0 atom stereocenters. The van der Waals surface area contributed by atoms with Crippen molar-refractivity contribution in [3.05, 3.63) is 17.0 Å². The number of nitrogens with zero attached hydrogens (tertiary/aromatic N) is 2. The van der Waals surface area contributed by atoms with Gasteiger partial charge in [0, 0.05) is 5.92 Å². The lowest BCUT2D eigenvalue weighted by Crippen LogP contribution is -2.20. The molecule has 0 saturated carbocycles. The number of rotatable bonds is 2. The molecule has 0 radical (unpaired) electrons. The molecule has 0 aliphatic rings. The first-order valence-electron chi connectivity index (χ1n) is 4.76. The third-order valence-corrected chi connectivity index (χ3v) is 2.24. The van der Waals surface area contributed by atoms with Gasteiger partial charge in [-0.1, -0.05) is 13.8 Å². The van der Waals surface area contributed by atoms with Crippen LogP contribution in [0.5, 0.6) is 0 Å². The van der Waals surface area contributed by atoms with Crippen LogP contribution in [-0.2, 0) is 0 Å². The van der Waals surface area contributed by atoms with E-state index in [1.165, 1.54) is 4.68 Å². The van der Waals surface area contributed by atoms with Crippen LogP contribution in [0.2, 0.25) is 0 Å². The van der Waals surface area contributed by atoms with Gasteiger partial charge >= 0.3 is 0 Å². The number of carbonyl (C=O) groups excluding carboxylic acids is 2. The Morgan fingerprint density at radius 2 is 1.87 bits per heavy atom. The summed E-state index contributed by atoms with van der Waals surface area (Å²) in [5.74, 6) is -0.848. The molecule has 0 fully saturated rings. The summed E-state index contributed by atoms with van der Waals surface area (Å²) in [6, 6.07) is 0. The molecule has 1 aromatic heterocycles. The van der Waals surface area contributed by atoms with E-state index in [4.69, 9.17) is 5.73 Å². The summed E-state index contributed by atoms with van der Waals surface area (Å²) in [7, 11) is 0. The Bertz CT molecular complexity index is 419. The largest absolute Gasteiger partial charge is 0.365 e. The van der Waals surface area contributed by atoms with Crippen LogP contribution >= 0.6 is 0 Å². The summed E-state index contributed by atoms with van der Waals surface area (Å²) in [5.41, 5.74) is 6.55. The van der Waals surface area contributed by atoms with E-state index in [0.29, 0.717) is 17.0 Å². The standard InChI is InChI=1S/C10H15N3O2/c1-5(2)10(15)13-7(4)8(9(11)14)6(3)12-13/h5H,1-4H3,(H2,11,14). The summed E-state index contributed by atoms with van der Waals surface area (Å²) in [6.45, 7) is 6.89. The zero-order chi connectivity index (χ0) is 11.7. The highest BCUT2D eigenvalue weighted by Crippen LogP contribution is 2.13. The molecule has 5 heteroatoms. The second kappa shape index (κ2) is 3.84. The summed E-state index contributed by atoms with van der Waals surface area (Å²) in [6.07, 6.45) is 0. The van der Waals surface area contributed by atoms with Crippen LogP contribution in [-0.4, -0.2) is 21.6 Å². The predicted molar refractivity (Wildman–Crippen MR) is 55.7 cm³/mol. The molecular formula is C10H15N3O2. The van der Waals surface area contributed by atoms with Crippen molar-refractivity contribution in [3.8, 4) is 0 Å². The van der Waals surface area contributed by atoms with Crippen molar-refractivity contribution < 1.29 is 9.59 Å². The normalized spacial score (nSPS) is 10.7. The van der Waals surface area contributed by atoms with Gasteiger partial charge in [-0.05, 0) is 13.8 Å². The molecule has 0 unspecified atom stereocenters.